The van der Waals surface area contributed by atoms with Crippen LogP contribution in [0.5, 0.6) is 0 Å². The minimum absolute atomic E-state index is 0.124. The van der Waals surface area contributed by atoms with E-state index >= 15 is 0 Å². The van der Waals surface area contributed by atoms with Crippen LogP contribution in [0.25, 0.3) is 0 Å². The average molecular weight is 401 g/mol. The van der Waals surface area contributed by atoms with Gasteiger partial charge in [0.25, 0.3) is 0 Å². The minimum Gasteiger partial charge on any atom is -0.478 e. The molecule has 1 saturated carbocycles. The molecule has 0 spiro atoms. The third kappa shape index (κ3) is 6.42. The van der Waals surface area contributed by atoms with Gasteiger partial charge in [0.2, 0.25) is 0 Å². The molecule has 1 aromatic carbocycles. The van der Waals surface area contributed by atoms with Crippen molar-refractivity contribution in [2.24, 2.45) is 5.92 Å². The normalized spacial score (nSPS) is 20.3. The summed E-state index contributed by atoms with van der Waals surface area (Å²) in [5.74, 6) is 1.97. The third-order valence-electron chi connectivity index (χ3n) is 5.39. The number of amides is 1. The van der Waals surface area contributed by atoms with E-state index < -0.39 is 11.6 Å². The quantitative estimate of drug-likeness (QED) is 0.631. The lowest BCUT2D eigenvalue weighted by molar-refractivity contribution is 0.0486. The van der Waals surface area contributed by atoms with Gasteiger partial charge in [-0.05, 0) is 83.9 Å². The number of benzene rings is 1. The fourth-order valence-electron chi connectivity index (χ4n) is 3.77. The lowest BCUT2D eigenvalue weighted by Gasteiger charge is -2.34. The van der Waals surface area contributed by atoms with Gasteiger partial charge < -0.3 is 20.5 Å². The summed E-state index contributed by atoms with van der Waals surface area (Å²) >= 11 is 0. The zero-order valence-electron chi connectivity index (χ0n) is 18.0. The number of carbonyl (C=O) groups excluding carboxylic acids is 1. The van der Waals surface area contributed by atoms with Crippen LogP contribution >= 0.6 is 0 Å². The molecule has 0 heterocycles. The van der Waals surface area contributed by atoms with Crippen molar-refractivity contribution >= 4 is 17.7 Å². The zero-order valence-corrected chi connectivity index (χ0v) is 18.0. The zero-order chi connectivity index (χ0) is 21.8. The Morgan fingerprint density at radius 2 is 1.86 bits per heavy atom. The summed E-state index contributed by atoms with van der Waals surface area (Å²) in [6, 6.07) is 3.64. The molecule has 1 atom stereocenters. The van der Waals surface area contributed by atoms with Gasteiger partial charge in [0.15, 0.2) is 0 Å². The molecule has 0 radical (unpaired) electrons. The summed E-state index contributed by atoms with van der Waals surface area (Å²) in [5, 5.41) is 15.8. The van der Waals surface area contributed by atoms with Gasteiger partial charge in [-0.15, -0.1) is 6.42 Å². The molecule has 2 rings (SSSR count). The smallest absolute Gasteiger partial charge is 0.407 e. The molecular weight excluding hydrogens is 368 g/mol. The van der Waals surface area contributed by atoms with Gasteiger partial charge in [0.05, 0.1) is 5.56 Å². The molecule has 1 aliphatic carbocycles. The number of rotatable bonds is 5. The van der Waals surface area contributed by atoms with Gasteiger partial charge in [0, 0.05) is 23.3 Å². The summed E-state index contributed by atoms with van der Waals surface area (Å²) in [5.41, 5.74) is 1.72. The number of carboxylic acid groups (broad SMARTS) is 1. The van der Waals surface area contributed by atoms with E-state index in [0.717, 1.165) is 31.4 Å². The Morgan fingerprint density at radius 1 is 1.24 bits per heavy atom. The van der Waals surface area contributed by atoms with E-state index in [9.17, 15) is 14.7 Å². The lowest BCUT2D eigenvalue weighted by Crippen LogP contribution is -2.42. The Bertz CT molecular complexity index is 796. The number of carboxylic acids is 1. The summed E-state index contributed by atoms with van der Waals surface area (Å²) in [7, 11) is 0. The summed E-state index contributed by atoms with van der Waals surface area (Å²) in [6.45, 7) is 9.45. The highest BCUT2D eigenvalue weighted by Crippen LogP contribution is 2.30. The molecule has 1 aliphatic rings. The Morgan fingerprint density at radius 3 is 2.38 bits per heavy atom. The number of hydrogen-bond donors (Lipinski definition) is 3. The molecule has 1 fully saturated rings. The molecule has 0 saturated heterocycles. The molecular formula is C23H32N2O4. The molecule has 6 heteroatoms. The van der Waals surface area contributed by atoms with Crippen molar-refractivity contribution in [3.63, 3.8) is 0 Å². The number of nitrogens with one attached hydrogen (secondary N) is 2. The number of ether oxygens (including phenoxy) is 1. The van der Waals surface area contributed by atoms with Gasteiger partial charge in [0.1, 0.15) is 5.60 Å². The SMILES string of the molecule is C#Cc1cc(NC(C)[C@H]2CC[C@H](NC(=O)OC(C)(C)C)CC2)c(C)c(C(=O)O)c1. The van der Waals surface area contributed by atoms with Crippen LogP contribution in [0.4, 0.5) is 10.5 Å². The van der Waals surface area contributed by atoms with Crippen LogP contribution in [-0.4, -0.2) is 34.9 Å². The molecule has 0 aromatic heterocycles. The monoisotopic (exact) mass is 400 g/mol. The lowest BCUT2D eigenvalue weighted by atomic mass is 9.82. The van der Waals surface area contributed by atoms with Crippen LogP contribution in [0.1, 0.15) is 74.9 Å². The standard InChI is InChI=1S/C23H32N2O4/c1-7-16-12-19(21(26)27)14(2)20(13-16)24-15(3)17-8-10-18(11-9-17)25-22(28)29-23(4,5)6/h1,12-13,15,17-18,24H,8-11H2,2-6H3,(H,25,28)(H,26,27)/t15?,17-,18-. The Balaban J connectivity index is 1.96. The Hall–Kier alpha value is -2.68. The number of terminal acetylenes is 1. The second kappa shape index (κ2) is 9.21. The van der Waals surface area contributed by atoms with Crippen LogP contribution < -0.4 is 10.6 Å². The molecule has 0 aliphatic heterocycles. The number of hydrogen-bond acceptors (Lipinski definition) is 4. The van der Waals surface area contributed by atoms with Crippen LogP contribution in [0.3, 0.4) is 0 Å². The highest BCUT2D eigenvalue weighted by molar-refractivity contribution is 5.92. The molecule has 1 amide bonds. The van der Waals surface area contributed by atoms with Crippen LogP contribution in [0.15, 0.2) is 12.1 Å². The topological polar surface area (TPSA) is 87.7 Å². The van der Waals surface area contributed by atoms with Crippen molar-refractivity contribution in [2.45, 2.75) is 78.0 Å². The van der Waals surface area contributed by atoms with Crippen molar-refractivity contribution in [1.82, 2.24) is 5.32 Å². The maximum Gasteiger partial charge on any atom is 0.407 e. The Labute approximate surface area is 173 Å². The van der Waals surface area contributed by atoms with Crippen molar-refractivity contribution < 1.29 is 19.4 Å². The molecule has 1 aromatic rings. The van der Waals surface area contributed by atoms with Gasteiger partial charge in [-0.2, -0.15) is 0 Å². The average Bonchev–Trinajstić information content (AvgIpc) is 2.62. The molecule has 1 unspecified atom stereocenters. The molecule has 158 valence electrons. The summed E-state index contributed by atoms with van der Waals surface area (Å²) in [4.78, 5) is 23.5. The minimum atomic E-state index is -0.982. The summed E-state index contributed by atoms with van der Waals surface area (Å²) in [6.07, 6.45) is 8.83. The van der Waals surface area contributed by atoms with E-state index in [1.807, 2.05) is 26.8 Å². The largest absolute Gasteiger partial charge is 0.478 e. The molecule has 3 N–H and O–H groups in total. The van der Waals surface area contributed by atoms with E-state index in [-0.39, 0.29) is 23.7 Å². The number of aromatic carboxylic acids is 1. The third-order valence-corrected chi connectivity index (χ3v) is 5.39. The molecule has 6 nitrogen and oxygen atoms in total. The van der Waals surface area contributed by atoms with E-state index in [1.165, 1.54) is 6.07 Å². The van der Waals surface area contributed by atoms with E-state index in [0.29, 0.717) is 17.0 Å². The highest BCUT2D eigenvalue weighted by Gasteiger charge is 2.28. The van der Waals surface area contributed by atoms with E-state index in [4.69, 9.17) is 11.2 Å². The molecule has 29 heavy (non-hydrogen) atoms. The van der Waals surface area contributed by atoms with Gasteiger partial charge in [-0.25, -0.2) is 9.59 Å². The van der Waals surface area contributed by atoms with Crippen molar-refractivity contribution in [1.29, 1.82) is 0 Å². The van der Waals surface area contributed by atoms with Crippen molar-refractivity contribution in [2.75, 3.05) is 5.32 Å². The van der Waals surface area contributed by atoms with Gasteiger partial charge in [-0.3, -0.25) is 0 Å². The fourth-order valence-corrected chi connectivity index (χ4v) is 3.77. The van der Waals surface area contributed by atoms with Crippen LogP contribution in [0.2, 0.25) is 0 Å². The van der Waals surface area contributed by atoms with Gasteiger partial charge >= 0.3 is 12.1 Å². The first-order valence-corrected chi connectivity index (χ1v) is 10.1. The fraction of sp³-hybridized carbons (Fsp3) is 0.565. The van der Waals surface area contributed by atoms with Crippen LogP contribution in [0, 0.1) is 25.2 Å². The number of anilines is 1. The van der Waals surface area contributed by atoms with E-state index in [1.54, 1.807) is 6.92 Å². The predicted octanol–water partition coefficient (Wildman–Crippen LogP) is 4.56. The first-order valence-electron chi connectivity index (χ1n) is 10.1. The second-order valence-electron chi connectivity index (χ2n) is 8.84. The maximum atomic E-state index is 12.0. The molecule has 0 bridgehead atoms. The maximum absolute atomic E-state index is 12.0. The predicted molar refractivity (Wildman–Crippen MR) is 114 cm³/mol. The highest BCUT2D eigenvalue weighted by atomic mass is 16.6. The number of alkyl carbamates (subject to hydrolysis) is 1. The van der Waals surface area contributed by atoms with Crippen molar-refractivity contribution in [3.8, 4) is 12.3 Å². The number of carbonyl (C=O) groups is 2. The van der Waals surface area contributed by atoms with Crippen LogP contribution in [-0.2, 0) is 4.74 Å². The summed E-state index contributed by atoms with van der Waals surface area (Å²) < 4.78 is 5.33. The first kappa shape index (κ1) is 22.6. The van der Waals surface area contributed by atoms with Crippen molar-refractivity contribution in [3.05, 3.63) is 28.8 Å². The van der Waals surface area contributed by atoms with E-state index in [2.05, 4.69) is 23.5 Å². The second-order valence-corrected chi connectivity index (χ2v) is 8.84. The Kier molecular flexibility index (Phi) is 7.18. The van der Waals surface area contributed by atoms with Gasteiger partial charge in [-0.1, -0.05) is 5.92 Å². The first-order chi connectivity index (χ1) is 13.5.